The van der Waals surface area contributed by atoms with Crippen molar-refractivity contribution in [1.29, 1.82) is 0 Å². The van der Waals surface area contributed by atoms with E-state index in [9.17, 15) is 57.8 Å². The molecule has 14 heteroatoms. The molecule has 0 amide bonds. The highest BCUT2D eigenvalue weighted by molar-refractivity contribution is 5.20. The molecule has 4 fully saturated rings. The predicted octanol–water partition coefficient (Wildman–Crippen LogP) is 6.96. The molecular weight excluding hydrogens is 500 g/mol. The summed E-state index contributed by atoms with van der Waals surface area (Å²) in [5, 5.41) is 10.1. The van der Waals surface area contributed by atoms with Gasteiger partial charge in [-0.25, -0.2) is 0 Å². The van der Waals surface area contributed by atoms with Gasteiger partial charge in [0.15, 0.2) is 0 Å². The van der Waals surface area contributed by atoms with Crippen molar-refractivity contribution >= 4 is 0 Å². The van der Waals surface area contributed by atoms with Gasteiger partial charge in [-0.3, -0.25) is 0 Å². The Labute approximate surface area is 187 Å². The first-order valence-electron chi connectivity index (χ1n) is 10.7. The van der Waals surface area contributed by atoms with Gasteiger partial charge < -0.3 is 9.84 Å². The molecule has 0 aliphatic heterocycles. The van der Waals surface area contributed by atoms with Gasteiger partial charge in [0.05, 0.1) is 6.10 Å². The maximum atomic E-state index is 14.2. The van der Waals surface area contributed by atoms with E-state index < -0.39 is 103 Å². The highest BCUT2D eigenvalue weighted by Crippen LogP contribution is 2.73. The molecule has 0 spiro atoms. The summed E-state index contributed by atoms with van der Waals surface area (Å²) in [5.74, 6) is -7.03. The van der Waals surface area contributed by atoms with Crippen LogP contribution in [0.25, 0.3) is 0 Å². The summed E-state index contributed by atoms with van der Waals surface area (Å²) in [6.07, 6.45) is -30.5. The summed E-state index contributed by atoms with van der Waals surface area (Å²) in [7, 11) is 0. The number of hydrogen-bond donors (Lipinski definition) is 1. The van der Waals surface area contributed by atoms with E-state index in [1.807, 2.05) is 0 Å². The second-order valence-corrected chi connectivity index (χ2v) is 10.0. The molecule has 2 nitrogen and oxygen atoms in total. The molecule has 4 saturated carbocycles. The highest BCUT2D eigenvalue weighted by Gasteiger charge is 2.85. The minimum absolute atomic E-state index is 0.246. The van der Waals surface area contributed by atoms with E-state index in [1.165, 1.54) is 6.92 Å². The predicted molar refractivity (Wildman–Crippen MR) is 92.2 cm³/mol. The van der Waals surface area contributed by atoms with Crippen LogP contribution >= 0.6 is 0 Å². The fourth-order valence-electron chi connectivity index (χ4n) is 7.04. The summed E-state index contributed by atoms with van der Waals surface area (Å²) >= 11 is 0. The Morgan fingerprint density at radius 3 is 1.50 bits per heavy atom. The van der Waals surface area contributed by atoms with Crippen LogP contribution in [0.15, 0.2) is 0 Å². The molecule has 3 unspecified atom stereocenters. The molecule has 0 saturated heterocycles. The molecule has 0 heterocycles. The van der Waals surface area contributed by atoms with Crippen LogP contribution in [0.1, 0.15) is 52.4 Å². The Bertz CT molecular complexity index is 721. The molecule has 4 aliphatic rings. The van der Waals surface area contributed by atoms with E-state index in [-0.39, 0.29) is 6.42 Å². The van der Waals surface area contributed by atoms with Crippen molar-refractivity contribution in [1.82, 2.24) is 0 Å². The first kappa shape index (κ1) is 27.7. The molecule has 0 aromatic rings. The molecule has 4 rings (SSSR count). The van der Waals surface area contributed by atoms with Crippen molar-refractivity contribution in [2.45, 2.75) is 94.4 Å². The fourth-order valence-corrected chi connectivity index (χ4v) is 7.04. The van der Waals surface area contributed by atoms with Crippen LogP contribution in [0, 0.1) is 29.1 Å². The lowest BCUT2D eigenvalue weighted by atomic mass is 9.40. The van der Waals surface area contributed by atoms with E-state index in [0.717, 1.165) is 6.92 Å². The first-order valence-corrected chi connectivity index (χ1v) is 10.7. The van der Waals surface area contributed by atoms with E-state index in [2.05, 4.69) is 4.74 Å². The van der Waals surface area contributed by atoms with Crippen LogP contribution in [-0.4, -0.2) is 47.1 Å². The molecule has 4 bridgehead atoms. The van der Waals surface area contributed by atoms with Crippen molar-refractivity contribution in [3.63, 3.8) is 0 Å². The van der Waals surface area contributed by atoms with Crippen LogP contribution in [-0.2, 0) is 4.74 Å². The Balaban J connectivity index is 2.18. The van der Waals surface area contributed by atoms with Gasteiger partial charge in [0.25, 0.3) is 11.2 Å². The molecule has 3 atom stereocenters. The standard InChI is InChI=1S/C20H24F12O2/c1-3-9(2)34-15(17(21,22)23,18(24,25)26)13-11-4-10-5-12(13)8-14(6-10,7-11)16(33,19(27,28)29)20(30,31)32/h9-13,33H,3-8H2,1-2H3. The Morgan fingerprint density at radius 1 is 0.765 bits per heavy atom. The third-order valence-corrected chi connectivity index (χ3v) is 8.13. The van der Waals surface area contributed by atoms with Crippen molar-refractivity contribution in [3.05, 3.63) is 0 Å². The van der Waals surface area contributed by atoms with E-state index in [1.54, 1.807) is 0 Å². The van der Waals surface area contributed by atoms with Crippen molar-refractivity contribution in [2.24, 2.45) is 29.1 Å². The number of halogens is 12. The van der Waals surface area contributed by atoms with Crippen LogP contribution in [0.4, 0.5) is 52.7 Å². The van der Waals surface area contributed by atoms with Gasteiger partial charge in [-0.15, -0.1) is 0 Å². The topological polar surface area (TPSA) is 29.5 Å². The molecule has 0 aromatic carbocycles. The fraction of sp³-hybridized carbons (Fsp3) is 1.00. The number of aliphatic hydroxyl groups is 1. The van der Waals surface area contributed by atoms with Gasteiger partial charge in [-0.2, -0.15) is 52.7 Å². The largest absolute Gasteiger partial charge is 0.426 e. The lowest BCUT2D eigenvalue weighted by Crippen LogP contribution is -2.75. The van der Waals surface area contributed by atoms with Crippen molar-refractivity contribution in [2.75, 3.05) is 0 Å². The molecule has 4 aliphatic carbocycles. The SMILES string of the molecule is CCC(C)OC(C1C2CC3CC1CC(C(O)(C(F)(F)F)C(F)(F)F)(C3)C2)(C(F)(F)F)C(F)(F)F. The van der Waals surface area contributed by atoms with Crippen molar-refractivity contribution in [3.8, 4) is 0 Å². The zero-order valence-electron chi connectivity index (χ0n) is 18.0. The van der Waals surface area contributed by atoms with E-state index in [4.69, 9.17) is 0 Å². The zero-order chi connectivity index (χ0) is 26.3. The van der Waals surface area contributed by atoms with Gasteiger partial charge in [0.1, 0.15) is 0 Å². The monoisotopic (exact) mass is 524 g/mol. The molecule has 1 N–H and O–H groups in total. The van der Waals surface area contributed by atoms with Crippen LogP contribution in [0.5, 0.6) is 0 Å². The van der Waals surface area contributed by atoms with E-state index in [0.29, 0.717) is 0 Å². The summed E-state index contributed by atoms with van der Waals surface area (Å²) in [4.78, 5) is 0. The minimum Gasteiger partial charge on any atom is -0.373 e. The second kappa shape index (κ2) is 7.79. The van der Waals surface area contributed by atoms with Gasteiger partial charge >= 0.3 is 24.7 Å². The number of hydrogen-bond acceptors (Lipinski definition) is 2. The normalized spacial score (nSPS) is 34.0. The summed E-state index contributed by atoms with van der Waals surface area (Å²) in [5.41, 5.74) is -13.0. The summed E-state index contributed by atoms with van der Waals surface area (Å²) in [6.45, 7) is 2.26. The van der Waals surface area contributed by atoms with E-state index >= 15 is 0 Å². The molecule has 34 heavy (non-hydrogen) atoms. The third kappa shape index (κ3) is 3.62. The van der Waals surface area contributed by atoms with Crippen molar-refractivity contribution < 1.29 is 62.5 Å². The van der Waals surface area contributed by atoms with Crippen LogP contribution in [0.3, 0.4) is 0 Å². The smallest absolute Gasteiger partial charge is 0.373 e. The quantitative estimate of drug-likeness (QED) is 0.394. The third-order valence-electron chi connectivity index (χ3n) is 8.13. The molecular formula is C20H24F12O2. The first-order chi connectivity index (χ1) is 15.1. The van der Waals surface area contributed by atoms with Gasteiger partial charge in [-0.1, -0.05) is 6.92 Å². The summed E-state index contributed by atoms with van der Waals surface area (Å²) in [6, 6.07) is 0. The average Bonchev–Trinajstić information content (AvgIpc) is 2.61. The maximum Gasteiger partial charge on any atom is 0.426 e. The Hall–Kier alpha value is -0.920. The van der Waals surface area contributed by atoms with Crippen LogP contribution < -0.4 is 0 Å². The maximum absolute atomic E-state index is 14.2. The second-order valence-electron chi connectivity index (χ2n) is 10.0. The van der Waals surface area contributed by atoms with Crippen LogP contribution in [0.2, 0.25) is 0 Å². The molecule has 200 valence electrons. The van der Waals surface area contributed by atoms with Gasteiger partial charge in [0, 0.05) is 11.3 Å². The van der Waals surface area contributed by atoms with Gasteiger partial charge in [-0.05, 0) is 63.2 Å². The lowest BCUT2D eigenvalue weighted by molar-refractivity contribution is -0.442. The molecule has 0 aromatic heterocycles. The summed E-state index contributed by atoms with van der Waals surface area (Å²) < 4.78 is 172. The number of ether oxygens (including phenoxy) is 1. The molecule has 0 radical (unpaired) electrons. The lowest BCUT2D eigenvalue weighted by Gasteiger charge is -2.66. The average molecular weight is 524 g/mol. The Morgan fingerprint density at radius 2 is 1.18 bits per heavy atom. The van der Waals surface area contributed by atoms with Gasteiger partial charge in [0.2, 0.25) is 0 Å². The highest BCUT2D eigenvalue weighted by atomic mass is 19.4. The number of alkyl halides is 12. The zero-order valence-corrected chi connectivity index (χ0v) is 18.0. The minimum atomic E-state index is -6.23. The number of rotatable bonds is 5. The Kier molecular flexibility index (Phi) is 6.34.